The molecular weight excluding hydrogens is 250 g/mol. The third-order valence-corrected chi connectivity index (χ3v) is 5.16. The van der Waals surface area contributed by atoms with Crippen LogP contribution in [0.4, 0.5) is 0 Å². The van der Waals surface area contributed by atoms with E-state index in [1.54, 1.807) is 17.1 Å². The van der Waals surface area contributed by atoms with Gasteiger partial charge in [0.1, 0.15) is 12.1 Å². The highest BCUT2D eigenvalue weighted by molar-refractivity contribution is 5.84. The zero-order chi connectivity index (χ0) is 14.3. The van der Waals surface area contributed by atoms with Crippen LogP contribution in [0.25, 0.3) is 11.0 Å². The fourth-order valence-corrected chi connectivity index (χ4v) is 3.38. The number of carbonyl (C=O) groups excluding carboxylic acids is 1. The minimum absolute atomic E-state index is 0.0955. The Balaban J connectivity index is 1.83. The molecule has 2 atom stereocenters. The maximum Gasteiger partial charge on any atom is 0.157 e. The molecule has 2 aromatic heterocycles. The molecule has 2 aromatic rings. The highest BCUT2D eigenvalue weighted by atomic mass is 16.1. The van der Waals surface area contributed by atoms with Gasteiger partial charge in [0.15, 0.2) is 5.78 Å². The lowest BCUT2D eigenvalue weighted by molar-refractivity contribution is -0.126. The number of aromatic nitrogens is 3. The topological polar surface area (TPSA) is 47.8 Å². The van der Waals surface area contributed by atoms with E-state index in [1.807, 2.05) is 12.1 Å². The normalized spacial score (nSPS) is 25.1. The Labute approximate surface area is 119 Å². The Morgan fingerprint density at radius 1 is 1.45 bits per heavy atom. The van der Waals surface area contributed by atoms with Crippen LogP contribution in [0.1, 0.15) is 33.6 Å². The molecule has 0 saturated heterocycles. The van der Waals surface area contributed by atoms with Gasteiger partial charge in [0.2, 0.25) is 0 Å². The molecule has 4 nitrogen and oxygen atoms in total. The minimum atomic E-state index is 0.0955. The van der Waals surface area contributed by atoms with Crippen molar-refractivity contribution in [2.75, 3.05) is 0 Å². The number of hydrogen-bond acceptors (Lipinski definition) is 3. The van der Waals surface area contributed by atoms with E-state index in [9.17, 15) is 4.79 Å². The Morgan fingerprint density at radius 2 is 2.25 bits per heavy atom. The second-order valence-electron chi connectivity index (χ2n) is 6.53. The molecule has 2 unspecified atom stereocenters. The molecule has 1 aliphatic rings. The highest BCUT2D eigenvalue weighted by Crippen LogP contribution is 2.47. The summed E-state index contributed by atoms with van der Waals surface area (Å²) in [6, 6.07) is 3.84. The lowest BCUT2D eigenvalue weighted by atomic mass is 9.74. The van der Waals surface area contributed by atoms with Crippen LogP contribution in [-0.2, 0) is 11.3 Å². The molecule has 0 aliphatic heterocycles. The maximum atomic E-state index is 12.6. The van der Waals surface area contributed by atoms with Gasteiger partial charge in [0.05, 0.1) is 11.7 Å². The monoisotopic (exact) mass is 271 g/mol. The largest absolute Gasteiger partial charge is 0.297 e. The number of Topliss-reactive ketones (excluding diaryl/α,β-unsaturated/α-hetero) is 1. The summed E-state index contributed by atoms with van der Waals surface area (Å²) in [5, 5.41) is 4.31. The quantitative estimate of drug-likeness (QED) is 0.862. The van der Waals surface area contributed by atoms with E-state index in [4.69, 9.17) is 0 Å². The fourth-order valence-electron chi connectivity index (χ4n) is 3.38. The molecule has 0 N–H and O–H groups in total. The second kappa shape index (κ2) is 4.69. The van der Waals surface area contributed by atoms with Crippen molar-refractivity contribution in [3.8, 4) is 0 Å². The first-order chi connectivity index (χ1) is 9.50. The van der Waals surface area contributed by atoms with Crippen molar-refractivity contribution < 1.29 is 4.79 Å². The summed E-state index contributed by atoms with van der Waals surface area (Å²) in [5.41, 5.74) is 1.88. The first kappa shape index (κ1) is 13.3. The third kappa shape index (κ3) is 2.03. The average molecular weight is 271 g/mol. The maximum absolute atomic E-state index is 12.6. The van der Waals surface area contributed by atoms with Crippen molar-refractivity contribution in [3.05, 3.63) is 24.5 Å². The summed E-state index contributed by atoms with van der Waals surface area (Å²) in [7, 11) is 0. The number of pyridine rings is 1. The molecule has 1 fully saturated rings. The SMILES string of the molecule is CC1CCC(C(=O)Cn2ncc3ncccc32)C1(C)C. The van der Waals surface area contributed by atoms with Crippen LogP contribution >= 0.6 is 0 Å². The molecule has 4 heteroatoms. The molecule has 1 aliphatic carbocycles. The van der Waals surface area contributed by atoms with Gasteiger partial charge in [-0.25, -0.2) is 0 Å². The van der Waals surface area contributed by atoms with Crippen LogP contribution in [-0.4, -0.2) is 20.5 Å². The van der Waals surface area contributed by atoms with Crippen LogP contribution in [0, 0.1) is 17.3 Å². The summed E-state index contributed by atoms with van der Waals surface area (Å²) in [5.74, 6) is 1.05. The van der Waals surface area contributed by atoms with Crippen molar-refractivity contribution in [3.63, 3.8) is 0 Å². The van der Waals surface area contributed by atoms with Gasteiger partial charge in [-0.05, 0) is 36.3 Å². The van der Waals surface area contributed by atoms with Gasteiger partial charge < -0.3 is 0 Å². The van der Waals surface area contributed by atoms with Crippen molar-refractivity contribution in [2.45, 2.75) is 40.2 Å². The van der Waals surface area contributed by atoms with Gasteiger partial charge in [0.25, 0.3) is 0 Å². The number of rotatable bonds is 3. The van der Waals surface area contributed by atoms with Gasteiger partial charge in [-0.15, -0.1) is 0 Å². The molecule has 20 heavy (non-hydrogen) atoms. The zero-order valence-electron chi connectivity index (χ0n) is 12.3. The van der Waals surface area contributed by atoms with Gasteiger partial charge in [-0.3, -0.25) is 14.5 Å². The summed E-state index contributed by atoms with van der Waals surface area (Å²) in [6.07, 6.45) is 5.62. The molecule has 0 aromatic carbocycles. The average Bonchev–Trinajstić information content (AvgIpc) is 2.93. The predicted molar refractivity (Wildman–Crippen MR) is 78.2 cm³/mol. The van der Waals surface area contributed by atoms with Crippen molar-refractivity contribution in [2.24, 2.45) is 17.3 Å². The fraction of sp³-hybridized carbons (Fsp3) is 0.562. The summed E-state index contributed by atoms with van der Waals surface area (Å²) in [6.45, 7) is 7.04. The van der Waals surface area contributed by atoms with E-state index in [0.717, 1.165) is 23.9 Å². The lowest BCUT2D eigenvalue weighted by Crippen LogP contribution is -2.32. The Kier molecular flexibility index (Phi) is 3.11. The van der Waals surface area contributed by atoms with E-state index in [-0.39, 0.29) is 11.3 Å². The molecule has 3 rings (SSSR count). The van der Waals surface area contributed by atoms with Crippen LogP contribution in [0.5, 0.6) is 0 Å². The molecular formula is C16H21N3O. The number of ketones is 1. The lowest BCUT2D eigenvalue weighted by Gasteiger charge is -2.30. The van der Waals surface area contributed by atoms with Crippen LogP contribution in [0.3, 0.4) is 0 Å². The van der Waals surface area contributed by atoms with E-state index in [1.165, 1.54) is 0 Å². The molecule has 0 radical (unpaired) electrons. The number of carbonyl (C=O) groups is 1. The van der Waals surface area contributed by atoms with Gasteiger partial charge >= 0.3 is 0 Å². The predicted octanol–water partition coefficient (Wildman–Crippen LogP) is 3.07. The van der Waals surface area contributed by atoms with E-state index >= 15 is 0 Å². The first-order valence-electron chi connectivity index (χ1n) is 7.29. The van der Waals surface area contributed by atoms with Crippen LogP contribution in [0.2, 0.25) is 0 Å². The van der Waals surface area contributed by atoms with Crippen molar-refractivity contribution >= 4 is 16.8 Å². The molecule has 1 saturated carbocycles. The Hall–Kier alpha value is -1.71. The van der Waals surface area contributed by atoms with Gasteiger partial charge in [-0.2, -0.15) is 5.10 Å². The van der Waals surface area contributed by atoms with Gasteiger partial charge in [-0.1, -0.05) is 20.8 Å². The van der Waals surface area contributed by atoms with Gasteiger partial charge in [0, 0.05) is 12.1 Å². The molecule has 0 spiro atoms. The Bertz CT molecular complexity index is 644. The highest BCUT2D eigenvalue weighted by Gasteiger charge is 2.44. The second-order valence-corrected chi connectivity index (χ2v) is 6.53. The number of hydrogen-bond donors (Lipinski definition) is 0. The standard InChI is InChI=1S/C16H21N3O/c1-11-6-7-12(16(11,2)3)15(20)10-19-14-5-4-8-17-13(14)9-18-19/h4-5,8-9,11-12H,6-7,10H2,1-3H3. The first-order valence-corrected chi connectivity index (χ1v) is 7.29. The summed E-state index contributed by atoms with van der Waals surface area (Å²) < 4.78 is 1.78. The van der Waals surface area contributed by atoms with Crippen molar-refractivity contribution in [1.29, 1.82) is 0 Å². The number of fused-ring (bicyclic) bond motifs is 1. The minimum Gasteiger partial charge on any atom is -0.297 e. The van der Waals surface area contributed by atoms with E-state index in [2.05, 4.69) is 30.9 Å². The van der Waals surface area contributed by atoms with Crippen LogP contribution < -0.4 is 0 Å². The molecule has 0 amide bonds. The molecule has 106 valence electrons. The van der Waals surface area contributed by atoms with E-state index in [0.29, 0.717) is 18.2 Å². The summed E-state index contributed by atoms with van der Waals surface area (Å²) >= 11 is 0. The Morgan fingerprint density at radius 3 is 2.95 bits per heavy atom. The summed E-state index contributed by atoms with van der Waals surface area (Å²) in [4.78, 5) is 16.9. The third-order valence-electron chi connectivity index (χ3n) is 5.16. The van der Waals surface area contributed by atoms with E-state index < -0.39 is 0 Å². The smallest absolute Gasteiger partial charge is 0.157 e. The molecule has 2 heterocycles. The van der Waals surface area contributed by atoms with Crippen LogP contribution in [0.15, 0.2) is 24.5 Å². The zero-order valence-corrected chi connectivity index (χ0v) is 12.3. The van der Waals surface area contributed by atoms with Crippen molar-refractivity contribution in [1.82, 2.24) is 14.8 Å². The molecule has 0 bridgehead atoms. The number of nitrogens with zero attached hydrogens (tertiary/aromatic N) is 3.